The summed E-state index contributed by atoms with van der Waals surface area (Å²) in [5.74, 6) is 0.211. The molecule has 0 bridgehead atoms. The highest BCUT2D eigenvalue weighted by atomic mass is 16.4. The first kappa shape index (κ1) is 11.8. The molecule has 1 aromatic rings. The van der Waals surface area contributed by atoms with Crippen LogP contribution in [0.1, 0.15) is 48.9 Å². The highest BCUT2D eigenvalue weighted by Gasteiger charge is 2.16. The third-order valence-electron chi connectivity index (χ3n) is 3.01. The molecule has 0 saturated heterocycles. The summed E-state index contributed by atoms with van der Waals surface area (Å²) in [6.07, 6.45) is 5.37. The van der Waals surface area contributed by atoms with Gasteiger partial charge in [-0.2, -0.15) is 0 Å². The van der Waals surface area contributed by atoms with Gasteiger partial charge in [-0.05, 0) is 12.8 Å². The van der Waals surface area contributed by atoms with Crippen LogP contribution >= 0.6 is 0 Å². The van der Waals surface area contributed by atoms with E-state index in [4.69, 9.17) is 5.11 Å². The second kappa shape index (κ2) is 5.12. The SMILES string of the molecule is CCc1nc(NC2CCCC2)cc(C(=O)O)n1. The zero-order chi connectivity index (χ0) is 12.3. The minimum Gasteiger partial charge on any atom is -0.477 e. The molecule has 17 heavy (non-hydrogen) atoms. The van der Waals surface area contributed by atoms with Crippen molar-refractivity contribution in [1.29, 1.82) is 0 Å². The molecule has 5 heteroatoms. The molecule has 1 aliphatic carbocycles. The Hall–Kier alpha value is -1.65. The van der Waals surface area contributed by atoms with Gasteiger partial charge in [0.05, 0.1) is 0 Å². The Kier molecular flexibility index (Phi) is 3.56. The summed E-state index contributed by atoms with van der Waals surface area (Å²) in [6.45, 7) is 1.92. The third-order valence-corrected chi connectivity index (χ3v) is 3.01. The van der Waals surface area contributed by atoms with E-state index in [1.54, 1.807) is 0 Å². The average molecular weight is 235 g/mol. The van der Waals surface area contributed by atoms with E-state index in [0.717, 1.165) is 12.8 Å². The lowest BCUT2D eigenvalue weighted by molar-refractivity contribution is 0.0690. The van der Waals surface area contributed by atoms with Gasteiger partial charge < -0.3 is 10.4 Å². The molecule has 0 atom stereocenters. The van der Waals surface area contributed by atoms with E-state index >= 15 is 0 Å². The molecule has 0 amide bonds. The van der Waals surface area contributed by atoms with Gasteiger partial charge in [0.25, 0.3) is 0 Å². The summed E-state index contributed by atoms with van der Waals surface area (Å²) in [5.41, 5.74) is 0.0670. The minimum atomic E-state index is -1.00. The van der Waals surface area contributed by atoms with E-state index in [1.165, 1.54) is 18.9 Å². The van der Waals surface area contributed by atoms with E-state index in [9.17, 15) is 4.79 Å². The van der Waals surface area contributed by atoms with E-state index in [0.29, 0.717) is 24.1 Å². The predicted molar refractivity (Wildman–Crippen MR) is 64.2 cm³/mol. The van der Waals surface area contributed by atoms with E-state index in [1.807, 2.05) is 6.92 Å². The van der Waals surface area contributed by atoms with Gasteiger partial charge in [-0.15, -0.1) is 0 Å². The Morgan fingerprint density at radius 1 is 1.47 bits per heavy atom. The maximum absolute atomic E-state index is 10.9. The van der Waals surface area contributed by atoms with Crippen LogP contribution in [0.5, 0.6) is 0 Å². The zero-order valence-corrected chi connectivity index (χ0v) is 9.94. The smallest absolute Gasteiger partial charge is 0.354 e. The van der Waals surface area contributed by atoms with Crippen LogP contribution in [-0.4, -0.2) is 27.1 Å². The average Bonchev–Trinajstić information content (AvgIpc) is 2.81. The number of anilines is 1. The van der Waals surface area contributed by atoms with Gasteiger partial charge in [-0.1, -0.05) is 19.8 Å². The molecule has 0 unspecified atom stereocenters. The van der Waals surface area contributed by atoms with Crippen LogP contribution in [0.3, 0.4) is 0 Å². The first-order valence-electron chi connectivity index (χ1n) is 6.07. The van der Waals surface area contributed by atoms with Crippen molar-refractivity contribution in [3.63, 3.8) is 0 Å². The van der Waals surface area contributed by atoms with Crippen molar-refractivity contribution in [1.82, 2.24) is 9.97 Å². The van der Waals surface area contributed by atoms with Crippen LogP contribution in [-0.2, 0) is 6.42 Å². The van der Waals surface area contributed by atoms with Crippen molar-refractivity contribution in [2.45, 2.75) is 45.1 Å². The standard InChI is InChI=1S/C12H17N3O2/c1-2-10-14-9(12(16)17)7-11(15-10)13-8-5-3-4-6-8/h7-8H,2-6H2,1H3,(H,16,17)(H,13,14,15). The fourth-order valence-corrected chi connectivity index (χ4v) is 2.12. The van der Waals surface area contributed by atoms with Gasteiger partial charge in [0, 0.05) is 18.5 Å². The lowest BCUT2D eigenvalue weighted by Gasteiger charge is -2.13. The normalized spacial score (nSPS) is 16.1. The number of rotatable bonds is 4. The zero-order valence-electron chi connectivity index (χ0n) is 9.94. The second-order valence-electron chi connectivity index (χ2n) is 4.34. The number of carboxylic acid groups (broad SMARTS) is 1. The van der Waals surface area contributed by atoms with Crippen molar-refractivity contribution in [2.24, 2.45) is 0 Å². The molecule has 5 nitrogen and oxygen atoms in total. The second-order valence-corrected chi connectivity index (χ2v) is 4.34. The molecule has 0 aromatic carbocycles. The summed E-state index contributed by atoms with van der Waals surface area (Å²) in [6, 6.07) is 1.94. The molecular formula is C12H17N3O2. The van der Waals surface area contributed by atoms with E-state index < -0.39 is 5.97 Å². The molecule has 0 aliphatic heterocycles. The molecule has 1 aliphatic rings. The van der Waals surface area contributed by atoms with Crippen LogP contribution in [0.15, 0.2) is 6.07 Å². The quantitative estimate of drug-likeness (QED) is 0.835. The summed E-state index contributed by atoms with van der Waals surface area (Å²) < 4.78 is 0. The fourth-order valence-electron chi connectivity index (χ4n) is 2.12. The van der Waals surface area contributed by atoms with Crippen LogP contribution in [0.2, 0.25) is 0 Å². The number of nitrogens with zero attached hydrogens (tertiary/aromatic N) is 2. The largest absolute Gasteiger partial charge is 0.477 e. The molecule has 1 heterocycles. The number of aryl methyl sites for hydroxylation is 1. The Morgan fingerprint density at radius 3 is 2.76 bits per heavy atom. The van der Waals surface area contributed by atoms with Crippen molar-refractivity contribution in [2.75, 3.05) is 5.32 Å². The molecule has 1 saturated carbocycles. The van der Waals surface area contributed by atoms with Crippen molar-refractivity contribution < 1.29 is 9.90 Å². The number of carbonyl (C=O) groups is 1. The minimum absolute atomic E-state index is 0.0670. The molecule has 1 aromatic heterocycles. The van der Waals surface area contributed by atoms with Crippen LogP contribution in [0, 0.1) is 0 Å². The van der Waals surface area contributed by atoms with Gasteiger partial charge in [-0.3, -0.25) is 0 Å². The van der Waals surface area contributed by atoms with E-state index in [2.05, 4.69) is 15.3 Å². The number of aromatic nitrogens is 2. The Balaban J connectivity index is 2.19. The molecule has 2 rings (SSSR count). The molecule has 0 radical (unpaired) electrons. The van der Waals surface area contributed by atoms with Crippen molar-refractivity contribution >= 4 is 11.8 Å². The van der Waals surface area contributed by atoms with Crippen LogP contribution in [0.25, 0.3) is 0 Å². The topological polar surface area (TPSA) is 75.1 Å². The predicted octanol–water partition coefficient (Wildman–Crippen LogP) is 2.09. The summed E-state index contributed by atoms with van der Waals surface area (Å²) in [7, 11) is 0. The Bertz CT molecular complexity index is 414. The number of hydrogen-bond donors (Lipinski definition) is 2. The Labute approximate surface area is 100 Å². The van der Waals surface area contributed by atoms with Crippen molar-refractivity contribution in [3.8, 4) is 0 Å². The molecule has 92 valence electrons. The molecular weight excluding hydrogens is 218 g/mol. The first-order valence-corrected chi connectivity index (χ1v) is 6.07. The van der Waals surface area contributed by atoms with Gasteiger partial charge in [0.2, 0.25) is 0 Å². The van der Waals surface area contributed by atoms with Gasteiger partial charge >= 0.3 is 5.97 Å². The number of nitrogens with one attached hydrogen (secondary N) is 1. The molecule has 0 spiro atoms. The number of aromatic carboxylic acids is 1. The lowest BCUT2D eigenvalue weighted by Crippen LogP contribution is -2.17. The highest BCUT2D eigenvalue weighted by molar-refractivity contribution is 5.86. The van der Waals surface area contributed by atoms with Crippen molar-refractivity contribution in [3.05, 3.63) is 17.6 Å². The monoisotopic (exact) mass is 235 g/mol. The lowest BCUT2D eigenvalue weighted by atomic mass is 10.2. The van der Waals surface area contributed by atoms with Gasteiger partial charge in [-0.25, -0.2) is 14.8 Å². The number of carboxylic acids is 1. The third kappa shape index (κ3) is 2.93. The molecule has 2 N–H and O–H groups in total. The summed E-state index contributed by atoms with van der Waals surface area (Å²) >= 11 is 0. The number of hydrogen-bond acceptors (Lipinski definition) is 4. The first-order chi connectivity index (χ1) is 8.19. The maximum atomic E-state index is 10.9. The summed E-state index contributed by atoms with van der Waals surface area (Å²) in [4.78, 5) is 19.2. The maximum Gasteiger partial charge on any atom is 0.354 e. The van der Waals surface area contributed by atoms with Crippen LogP contribution < -0.4 is 5.32 Å². The Morgan fingerprint density at radius 2 is 2.18 bits per heavy atom. The van der Waals surface area contributed by atoms with E-state index in [-0.39, 0.29) is 5.69 Å². The fraction of sp³-hybridized carbons (Fsp3) is 0.583. The van der Waals surface area contributed by atoms with Gasteiger partial charge in [0.15, 0.2) is 5.69 Å². The van der Waals surface area contributed by atoms with Crippen LogP contribution in [0.4, 0.5) is 5.82 Å². The molecule has 1 fully saturated rings. The highest BCUT2D eigenvalue weighted by Crippen LogP contribution is 2.21. The van der Waals surface area contributed by atoms with Gasteiger partial charge in [0.1, 0.15) is 11.6 Å². The summed E-state index contributed by atoms with van der Waals surface area (Å²) in [5, 5.41) is 12.3.